The van der Waals surface area contributed by atoms with Gasteiger partial charge in [-0.3, -0.25) is 9.00 Å². The Morgan fingerprint density at radius 3 is 2.45 bits per heavy atom. The number of benzene rings is 1. The highest BCUT2D eigenvalue weighted by molar-refractivity contribution is 7.88. The second-order valence-electron chi connectivity index (χ2n) is 5.37. The molecule has 1 unspecified atom stereocenters. The lowest BCUT2D eigenvalue weighted by Crippen LogP contribution is -2.27. The minimum absolute atomic E-state index is 0.196. The molecule has 110 valence electrons. The maximum atomic E-state index is 12.7. The molecule has 1 aromatic rings. The molecule has 1 aromatic carbocycles. The summed E-state index contributed by atoms with van der Waals surface area (Å²) < 4.78 is 16.7. The van der Waals surface area contributed by atoms with Gasteiger partial charge in [-0.2, -0.15) is 0 Å². The molecule has 0 heterocycles. The highest BCUT2D eigenvalue weighted by Gasteiger charge is 2.79. The van der Waals surface area contributed by atoms with Crippen molar-refractivity contribution in [3.05, 3.63) is 29.8 Å². The van der Waals surface area contributed by atoms with Crippen molar-refractivity contribution in [2.45, 2.75) is 36.8 Å². The molecular weight excluding hydrogens is 296 g/mol. The normalized spacial score (nSPS) is 33.5. The zero-order valence-corrected chi connectivity index (χ0v) is 13.7. The number of hydrogen-bond donors (Lipinski definition) is 0. The Bertz CT molecular complexity index is 557. The Balaban J connectivity index is 2.30. The Hall–Kier alpha value is -0.870. The van der Waals surface area contributed by atoms with E-state index >= 15 is 0 Å². The van der Waals surface area contributed by atoms with Gasteiger partial charge in [0.1, 0.15) is 9.62 Å². The first-order chi connectivity index (χ1) is 9.30. The molecule has 1 aliphatic rings. The molecule has 0 N–H and O–H groups in total. The molecule has 1 fully saturated rings. The van der Waals surface area contributed by atoms with Crippen LogP contribution in [0.1, 0.15) is 26.3 Å². The first-order valence-corrected chi connectivity index (χ1v) is 8.17. The molecule has 0 bridgehead atoms. The van der Waals surface area contributed by atoms with E-state index in [0.717, 1.165) is 5.56 Å². The molecule has 0 radical (unpaired) electrons. The monoisotopic (exact) mass is 314 g/mol. The molecule has 2 rings (SSSR count). The van der Waals surface area contributed by atoms with Crippen molar-refractivity contribution in [3.63, 3.8) is 0 Å². The van der Waals surface area contributed by atoms with Crippen LogP contribution in [-0.2, 0) is 20.3 Å². The third kappa shape index (κ3) is 2.01. The van der Waals surface area contributed by atoms with E-state index in [0.29, 0.717) is 11.5 Å². The second kappa shape index (κ2) is 5.15. The Morgan fingerprint density at radius 2 is 1.95 bits per heavy atom. The lowest BCUT2D eigenvalue weighted by molar-refractivity contribution is -0.149. The summed E-state index contributed by atoms with van der Waals surface area (Å²) in [6.07, 6.45) is 0. The first-order valence-electron chi connectivity index (χ1n) is 6.64. The number of hydrogen-bond acceptors (Lipinski definition) is 3. The highest BCUT2D eigenvalue weighted by Crippen LogP contribution is 2.69. The van der Waals surface area contributed by atoms with Gasteiger partial charge in [-0.05, 0) is 32.9 Å². The molecular formula is C15H19ClO3S. The van der Waals surface area contributed by atoms with Gasteiger partial charge in [-0.15, -0.1) is 11.6 Å². The Labute approximate surface area is 127 Å². The number of rotatable bonds is 4. The Kier molecular flexibility index (Phi) is 4.00. The molecule has 5 heteroatoms. The lowest BCUT2D eigenvalue weighted by Gasteiger charge is -2.15. The fourth-order valence-corrected chi connectivity index (χ4v) is 5.07. The van der Waals surface area contributed by atoms with Gasteiger partial charge < -0.3 is 4.74 Å². The molecule has 3 nitrogen and oxygen atoms in total. The summed E-state index contributed by atoms with van der Waals surface area (Å²) >= 11 is 6.56. The van der Waals surface area contributed by atoms with Gasteiger partial charge in [-0.1, -0.05) is 24.6 Å². The smallest absolute Gasteiger partial charge is 0.314 e. The quantitative estimate of drug-likeness (QED) is 0.633. The van der Waals surface area contributed by atoms with E-state index in [9.17, 15) is 9.00 Å². The minimum Gasteiger partial charge on any atom is -0.465 e. The number of halogens is 1. The SMILES string of the molecule is CCOC(=O)[C@@]1(C)[C@H](C)[C@@]1(Cl)S(=O)c1ccc(C)cc1. The summed E-state index contributed by atoms with van der Waals surface area (Å²) in [6.45, 7) is 7.59. The summed E-state index contributed by atoms with van der Waals surface area (Å²) in [5, 5.41) is 0. The average Bonchev–Trinajstić information content (AvgIpc) is 2.88. The molecule has 4 atom stereocenters. The molecule has 1 saturated carbocycles. The number of carbonyl (C=O) groups excluding carboxylic acids is 1. The number of ether oxygens (including phenoxy) is 1. The summed E-state index contributed by atoms with van der Waals surface area (Å²) in [4.78, 5) is 12.7. The van der Waals surface area contributed by atoms with Gasteiger partial charge >= 0.3 is 5.97 Å². The fraction of sp³-hybridized carbons (Fsp3) is 0.533. The van der Waals surface area contributed by atoms with E-state index < -0.39 is 20.4 Å². The van der Waals surface area contributed by atoms with Crippen LogP contribution in [-0.4, -0.2) is 21.0 Å². The van der Waals surface area contributed by atoms with E-state index in [4.69, 9.17) is 16.3 Å². The zero-order chi connectivity index (χ0) is 15.1. The third-order valence-electron chi connectivity index (χ3n) is 4.25. The van der Waals surface area contributed by atoms with Gasteiger partial charge in [0.05, 0.1) is 17.4 Å². The molecule has 0 aliphatic heterocycles. The molecule has 1 aliphatic carbocycles. The summed E-state index contributed by atoms with van der Waals surface area (Å²) in [5.41, 5.74) is 0.187. The maximum absolute atomic E-state index is 12.7. The van der Waals surface area contributed by atoms with E-state index in [1.54, 1.807) is 26.0 Å². The lowest BCUT2D eigenvalue weighted by atomic mass is 10.1. The molecule has 0 saturated heterocycles. The van der Waals surface area contributed by atoms with E-state index in [1.165, 1.54) is 0 Å². The molecule has 0 spiro atoms. The van der Waals surface area contributed by atoms with Crippen molar-refractivity contribution in [3.8, 4) is 0 Å². The van der Waals surface area contributed by atoms with Gasteiger partial charge in [0.15, 0.2) is 0 Å². The van der Waals surface area contributed by atoms with Crippen LogP contribution in [0, 0.1) is 18.3 Å². The van der Waals surface area contributed by atoms with Crippen molar-refractivity contribution >= 4 is 28.4 Å². The average molecular weight is 315 g/mol. The van der Waals surface area contributed by atoms with Crippen LogP contribution in [0.3, 0.4) is 0 Å². The molecule has 20 heavy (non-hydrogen) atoms. The van der Waals surface area contributed by atoms with Crippen LogP contribution < -0.4 is 0 Å². The van der Waals surface area contributed by atoms with Crippen LogP contribution in [0.5, 0.6) is 0 Å². The van der Waals surface area contributed by atoms with Gasteiger partial charge in [-0.25, -0.2) is 0 Å². The number of esters is 1. The number of aryl methyl sites for hydroxylation is 1. The number of alkyl halides is 1. The van der Waals surface area contributed by atoms with Crippen LogP contribution in [0.2, 0.25) is 0 Å². The molecule has 0 amide bonds. The van der Waals surface area contributed by atoms with Crippen molar-refractivity contribution in [2.24, 2.45) is 11.3 Å². The zero-order valence-electron chi connectivity index (χ0n) is 12.1. The van der Waals surface area contributed by atoms with Crippen LogP contribution in [0.25, 0.3) is 0 Å². The summed E-state index contributed by atoms with van der Waals surface area (Å²) in [6, 6.07) is 7.38. The van der Waals surface area contributed by atoms with Gasteiger partial charge in [0, 0.05) is 10.8 Å². The van der Waals surface area contributed by atoms with Crippen molar-refractivity contribution in [1.29, 1.82) is 0 Å². The Morgan fingerprint density at radius 1 is 1.40 bits per heavy atom. The van der Waals surface area contributed by atoms with E-state index in [1.807, 2.05) is 26.0 Å². The topological polar surface area (TPSA) is 43.4 Å². The van der Waals surface area contributed by atoms with Gasteiger partial charge in [0.2, 0.25) is 0 Å². The fourth-order valence-electron chi connectivity index (χ4n) is 2.53. The predicted octanol–water partition coefficient (Wildman–Crippen LogP) is 3.26. The van der Waals surface area contributed by atoms with Gasteiger partial charge in [0.25, 0.3) is 0 Å². The van der Waals surface area contributed by atoms with Crippen molar-refractivity contribution < 1.29 is 13.7 Å². The van der Waals surface area contributed by atoms with E-state index in [2.05, 4.69) is 0 Å². The first kappa shape index (κ1) is 15.5. The molecule has 0 aromatic heterocycles. The van der Waals surface area contributed by atoms with Crippen molar-refractivity contribution in [2.75, 3.05) is 6.61 Å². The number of carbonyl (C=O) groups is 1. The van der Waals surface area contributed by atoms with Crippen LogP contribution in [0.15, 0.2) is 29.2 Å². The summed E-state index contributed by atoms with van der Waals surface area (Å²) in [7, 11) is -1.46. The summed E-state index contributed by atoms with van der Waals surface area (Å²) in [5.74, 6) is -0.569. The van der Waals surface area contributed by atoms with Crippen molar-refractivity contribution in [1.82, 2.24) is 0 Å². The van der Waals surface area contributed by atoms with E-state index in [-0.39, 0.29) is 11.9 Å². The van der Waals surface area contributed by atoms with Crippen LogP contribution in [0.4, 0.5) is 0 Å². The maximum Gasteiger partial charge on any atom is 0.314 e. The second-order valence-corrected chi connectivity index (χ2v) is 7.84. The third-order valence-corrected chi connectivity index (χ3v) is 7.41. The largest absolute Gasteiger partial charge is 0.465 e. The minimum atomic E-state index is -1.46. The standard InChI is InChI=1S/C15H19ClO3S/c1-5-19-13(17)14(4)11(3)15(14,16)20(18)12-8-6-10(2)7-9-12/h6-9,11H,5H2,1-4H3/t11-,14+,15+,20?/m0/s1. The predicted molar refractivity (Wildman–Crippen MR) is 80.1 cm³/mol. The highest BCUT2D eigenvalue weighted by atomic mass is 35.5. The van der Waals surface area contributed by atoms with Crippen LogP contribution >= 0.6 is 11.6 Å².